The molecule has 0 N–H and O–H groups in total. The van der Waals surface area contributed by atoms with Crippen molar-refractivity contribution in [3.05, 3.63) is 0 Å². The molecule has 1 saturated carbocycles. The molecule has 0 aromatic rings. The third-order valence-electron chi connectivity index (χ3n) is 4.24. The van der Waals surface area contributed by atoms with Gasteiger partial charge in [0.2, 0.25) is 0 Å². The van der Waals surface area contributed by atoms with Crippen LogP contribution in [0.2, 0.25) is 0 Å². The standard InChI is InChI=1S/C14H24O2/c1-2-14-12(8-9-16-14)13(15)10-11-6-4-3-5-7-11/h11-12,14H,2-10H2,1H3. The maximum atomic E-state index is 12.2. The number of hydrogen-bond donors (Lipinski definition) is 0. The number of Topliss-reactive ketones (excluding diaryl/α,β-unsaturated/α-hetero) is 1. The number of carbonyl (C=O) groups excluding carboxylic acids is 1. The number of ketones is 1. The minimum atomic E-state index is 0.215. The Morgan fingerprint density at radius 2 is 1.94 bits per heavy atom. The first-order valence-corrected chi connectivity index (χ1v) is 6.95. The van der Waals surface area contributed by atoms with Gasteiger partial charge in [0.1, 0.15) is 5.78 Å². The van der Waals surface area contributed by atoms with Gasteiger partial charge in [-0.3, -0.25) is 4.79 Å². The van der Waals surface area contributed by atoms with Crippen molar-refractivity contribution in [2.45, 2.75) is 64.4 Å². The first kappa shape index (κ1) is 12.1. The zero-order chi connectivity index (χ0) is 11.4. The van der Waals surface area contributed by atoms with Gasteiger partial charge in [-0.15, -0.1) is 0 Å². The Labute approximate surface area is 98.7 Å². The van der Waals surface area contributed by atoms with E-state index in [1.54, 1.807) is 0 Å². The van der Waals surface area contributed by atoms with Crippen molar-refractivity contribution >= 4 is 5.78 Å². The van der Waals surface area contributed by atoms with E-state index in [9.17, 15) is 4.79 Å². The van der Waals surface area contributed by atoms with Crippen LogP contribution in [0.1, 0.15) is 58.3 Å². The molecular formula is C14H24O2. The molecule has 0 radical (unpaired) electrons. The molecule has 2 aliphatic rings. The van der Waals surface area contributed by atoms with Crippen LogP contribution in [0, 0.1) is 11.8 Å². The molecule has 1 heterocycles. The smallest absolute Gasteiger partial charge is 0.138 e. The Morgan fingerprint density at radius 3 is 2.62 bits per heavy atom. The molecule has 0 aromatic heterocycles. The molecule has 1 aliphatic heterocycles. The number of rotatable bonds is 4. The number of hydrogen-bond acceptors (Lipinski definition) is 2. The van der Waals surface area contributed by atoms with Crippen LogP contribution < -0.4 is 0 Å². The maximum Gasteiger partial charge on any atom is 0.138 e. The summed E-state index contributed by atoms with van der Waals surface area (Å²) in [7, 11) is 0. The summed E-state index contributed by atoms with van der Waals surface area (Å²) in [6.07, 6.45) is 9.57. The predicted molar refractivity (Wildman–Crippen MR) is 64.3 cm³/mol. The zero-order valence-electron chi connectivity index (χ0n) is 10.4. The third kappa shape index (κ3) is 2.85. The highest BCUT2D eigenvalue weighted by molar-refractivity contribution is 5.82. The molecule has 2 atom stereocenters. The summed E-state index contributed by atoms with van der Waals surface area (Å²) in [5.41, 5.74) is 0. The van der Waals surface area contributed by atoms with Gasteiger partial charge in [0.25, 0.3) is 0 Å². The molecule has 2 nitrogen and oxygen atoms in total. The summed E-state index contributed by atoms with van der Waals surface area (Å²) in [6, 6.07) is 0. The molecule has 2 fully saturated rings. The average Bonchev–Trinajstić information content (AvgIpc) is 2.78. The molecule has 0 spiro atoms. The summed E-state index contributed by atoms with van der Waals surface area (Å²) >= 11 is 0. The molecule has 0 amide bonds. The van der Waals surface area contributed by atoms with E-state index in [1.165, 1.54) is 32.1 Å². The van der Waals surface area contributed by atoms with Crippen LogP contribution in [-0.4, -0.2) is 18.5 Å². The van der Waals surface area contributed by atoms with Gasteiger partial charge in [-0.05, 0) is 18.8 Å². The van der Waals surface area contributed by atoms with E-state index in [4.69, 9.17) is 4.74 Å². The summed E-state index contributed by atoms with van der Waals surface area (Å²) in [4.78, 5) is 12.2. The van der Waals surface area contributed by atoms with Crippen molar-refractivity contribution < 1.29 is 9.53 Å². The van der Waals surface area contributed by atoms with Crippen LogP contribution in [0.4, 0.5) is 0 Å². The first-order valence-electron chi connectivity index (χ1n) is 6.95. The lowest BCUT2D eigenvalue weighted by Crippen LogP contribution is -2.26. The minimum Gasteiger partial charge on any atom is -0.377 e. The van der Waals surface area contributed by atoms with Gasteiger partial charge in [-0.1, -0.05) is 39.0 Å². The highest BCUT2D eigenvalue weighted by atomic mass is 16.5. The molecule has 2 heteroatoms. The van der Waals surface area contributed by atoms with E-state index in [-0.39, 0.29) is 12.0 Å². The van der Waals surface area contributed by atoms with E-state index in [0.29, 0.717) is 11.7 Å². The van der Waals surface area contributed by atoms with Gasteiger partial charge < -0.3 is 4.74 Å². The van der Waals surface area contributed by atoms with Gasteiger partial charge >= 0.3 is 0 Å². The Bertz CT molecular complexity index is 231. The fourth-order valence-electron chi connectivity index (χ4n) is 3.25. The van der Waals surface area contributed by atoms with Crippen molar-refractivity contribution in [3.8, 4) is 0 Å². The Morgan fingerprint density at radius 1 is 1.19 bits per heavy atom. The zero-order valence-corrected chi connectivity index (χ0v) is 10.4. The lowest BCUT2D eigenvalue weighted by molar-refractivity contribution is -0.125. The van der Waals surface area contributed by atoms with Crippen LogP contribution in [-0.2, 0) is 9.53 Å². The van der Waals surface area contributed by atoms with Crippen molar-refractivity contribution in [2.75, 3.05) is 6.61 Å². The molecule has 1 aliphatic carbocycles. The van der Waals surface area contributed by atoms with Crippen LogP contribution in [0.15, 0.2) is 0 Å². The molecule has 0 aromatic carbocycles. The van der Waals surface area contributed by atoms with Crippen LogP contribution in [0.5, 0.6) is 0 Å². The van der Waals surface area contributed by atoms with E-state index < -0.39 is 0 Å². The van der Waals surface area contributed by atoms with Gasteiger partial charge in [0, 0.05) is 18.9 Å². The van der Waals surface area contributed by atoms with E-state index in [1.807, 2.05) is 0 Å². The number of ether oxygens (including phenoxy) is 1. The second kappa shape index (κ2) is 5.81. The van der Waals surface area contributed by atoms with Crippen LogP contribution in [0.3, 0.4) is 0 Å². The van der Waals surface area contributed by atoms with Crippen molar-refractivity contribution in [3.63, 3.8) is 0 Å². The molecular weight excluding hydrogens is 200 g/mol. The molecule has 16 heavy (non-hydrogen) atoms. The SMILES string of the molecule is CCC1OCCC1C(=O)CC1CCCCC1. The third-order valence-corrected chi connectivity index (χ3v) is 4.24. The Hall–Kier alpha value is -0.370. The highest BCUT2D eigenvalue weighted by Gasteiger charge is 2.33. The quantitative estimate of drug-likeness (QED) is 0.732. The summed E-state index contributed by atoms with van der Waals surface area (Å²) in [5.74, 6) is 1.38. The minimum absolute atomic E-state index is 0.215. The molecule has 92 valence electrons. The Kier molecular flexibility index (Phi) is 4.39. The fraction of sp³-hybridized carbons (Fsp3) is 0.929. The van der Waals surface area contributed by atoms with Crippen molar-refractivity contribution in [1.82, 2.24) is 0 Å². The largest absolute Gasteiger partial charge is 0.377 e. The molecule has 0 bridgehead atoms. The summed E-state index contributed by atoms with van der Waals surface area (Å²) in [6.45, 7) is 2.91. The van der Waals surface area contributed by atoms with Gasteiger partial charge in [0.15, 0.2) is 0 Å². The monoisotopic (exact) mass is 224 g/mol. The highest BCUT2D eigenvalue weighted by Crippen LogP contribution is 2.31. The first-order chi connectivity index (χ1) is 7.81. The van der Waals surface area contributed by atoms with Crippen molar-refractivity contribution in [1.29, 1.82) is 0 Å². The van der Waals surface area contributed by atoms with Crippen LogP contribution >= 0.6 is 0 Å². The van der Waals surface area contributed by atoms with Crippen LogP contribution in [0.25, 0.3) is 0 Å². The molecule has 1 saturated heterocycles. The lowest BCUT2D eigenvalue weighted by Gasteiger charge is -2.23. The topological polar surface area (TPSA) is 26.3 Å². The predicted octanol–water partition coefficient (Wildman–Crippen LogP) is 3.34. The Balaban J connectivity index is 1.82. The van der Waals surface area contributed by atoms with Gasteiger partial charge in [-0.2, -0.15) is 0 Å². The van der Waals surface area contributed by atoms with E-state index in [0.717, 1.165) is 25.9 Å². The normalized spacial score (nSPS) is 31.8. The lowest BCUT2D eigenvalue weighted by atomic mass is 9.82. The second-order valence-corrected chi connectivity index (χ2v) is 5.39. The maximum absolute atomic E-state index is 12.2. The van der Waals surface area contributed by atoms with E-state index in [2.05, 4.69) is 6.92 Å². The molecule has 2 rings (SSSR count). The second-order valence-electron chi connectivity index (χ2n) is 5.39. The van der Waals surface area contributed by atoms with Crippen molar-refractivity contribution in [2.24, 2.45) is 11.8 Å². The van der Waals surface area contributed by atoms with Gasteiger partial charge in [0.05, 0.1) is 6.10 Å². The van der Waals surface area contributed by atoms with Gasteiger partial charge in [-0.25, -0.2) is 0 Å². The number of carbonyl (C=O) groups is 1. The summed E-state index contributed by atoms with van der Waals surface area (Å²) < 4.78 is 5.60. The fourth-order valence-corrected chi connectivity index (χ4v) is 3.25. The molecule has 2 unspecified atom stereocenters. The average molecular weight is 224 g/mol. The summed E-state index contributed by atoms with van der Waals surface area (Å²) in [5, 5.41) is 0. The van der Waals surface area contributed by atoms with E-state index >= 15 is 0 Å².